The maximum Gasteiger partial charge on any atom is 0.416 e. The summed E-state index contributed by atoms with van der Waals surface area (Å²) in [6.45, 7) is 3.13. The van der Waals surface area contributed by atoms with E-state index in [1.54, 1.807) is 12.1 Å². The first kappa shape index (κ1) is 16.3. The van der Waals surface area contributed by atoms with Crippen LogP contribution in [0.5, 0.6) is 0 Å². The lowest BCUT2D eigenvalue weighted by Crippen LogP contribution is -2.48. The molecule has 1 saturated heterocycles. The van der Waals surface area contributed by atoms with Crippen molar-refractivity contribution in [2.24, 2.45) is 5.41 Å². The molecule has 126 valence electrons. The molecule has 0 spiro atoms. The molecule has 1 aromatic rings. The van der Waals surface area contributed by atoms with Gasteiger partial charge >= 0.3 is 6.18 Å². The third-order valence-corrected chi connectivity index (χ3v) is 5.46. The third kappa shape index (κ3) is 3.10. The molecule has 1 aliphatic heterocycles. The Morgan fingerprint density at radius 1 is 1.17 bits per heavy atom. The van der Waals surface area contributed by atoms with Gasteiger partial charge in [-0.15, -0.1) is 0 Å². The number of halogens is 3. The lowest BCUT2D eigenvalue weighted by Gasteiger charge is -2.43. The van der Waals surface area contributed by atoms with Crippen molar-refractivity contribution in [3.05, 3.63) is 35.4 Å². The number of hydrogen-bond acceptors (Lipinski definition) is 1. The van der Waals surface area contributed by atoms with E-state index in [1.807, 2.05) is 11.8 Å². The fourth-order valence-electron chi connectivity index (χ4n) is 3.81. The fraction of sp³-hybridized carbons (Fsp3) is 0.611. The van der Waals surface area contributed by atoms with Gasteiger partial charge in [0, 0.05) is 18.5 Å². The first-order valence-corrected chi connectivity index (χ1v) is 8.27. The summed E-state index contributed by atoms with van der Waals surface area (Å²) in [4.78, 5) is 14.4. The maximum atomic E-state index is 13.2. The minimum atomic E-state index is -4.32. The van der Waals surface area contributed by atoms with Crippen molar-refractivity contribution in [2.75, 3.05) is 13.1 Å². The number of rotatable bonds is 2. The Morgan fingerprint density at radius 3 is 2.30 bits per heavy atom. The molecule has 2 fully saturated rings. The summed E-state index contributed by atoms with van der Waals surface area (Å²) in [7, 11) is 0. The van der Waals surface area contributed by atoms with E-state index in [9.17, 15) is 18.0 Å². The monoisotopic (exact) mass is 325 g/mol. The smallest absolute Gasteiger partial charge is 0.342 e. The molecule has 0 aromatic heterocycles. The number of hydrogen-bond donors (Lipinski definition) is 0. The van der Waals surface area contributed by atoms with Gasteiger partial charge in [0.1, 0.15) is 0 Å². The Labute approximate surface area is 134 Å². The average Bonchev–Trinajstić information content (AvgIpc) is 2.51. The van der Waals surface area contributed by atoms with Gasteiger partial charge in [-0.05, 0) is 43.2 Å². The summed E-state index contributed by atoms with van der Waals surface area (Å²) >= 11 is 0. The van der Waals surface area contributed by atoms with Gasteiger partial charge in [-0.1, -0.05) is 31.5 Å². The summed E-state index contributed by atoms with van der Waals surface area (Å²) in [6.07, 6.45) is -0.143. The predicted molar refractivity (Wildman–Crippen MR) is 82.0 cm³/mol. The number of piperidine rings is 1. The standard InChI is InChI=1S/C18H22F3NO/c1-17(9-4-10-17)16(23)22-11-7-13(8-12-22)14-5-2-3-6-15(14)18(19,20)21/h2-3,5-6,13H,4,7-12H2,1H3. The van der Waals surface area contributed by atoms with Crippen LogP contribution in [0.15, 0.2) is 24.3 Å². The van der Waals surface area contributed by atoms with Crippen LogP contribution in [0, 0.1) is 5.41 Å². The number of benzene rings is 1. The zero-order chi connectivity index (χ0) is 16.7. The molecule has 23 heavy (non-hydrogen) atoms. The molecule has 0 N–H and O–H groups in total. The van der Waals surface area contributed by atoms with E-state index in [2.05, 4.69) is 0 Å². The highest BCUT2D eigenvalue weighted by Gasteiger charge is 2.43. The van der Waals surface area contributed by atoms with E-state index in [-0.39, 0.29) is 17.2 Å². The van der Waals surface area contributed by atoms with Crippen LogP contribution in [-0.4, -0.2) is 23.9 Å². The number of carbonyl (C=O) groups excluding carboxylic acids is 1. The first-order chi connectivity index (χ1) is 10.8. The highest BCUT2D eigenvalue weighted by Crippen LogP contribution is 2.43. The summed E-state index contributed by atoms with van der Waals surface area (Å²) < 4.78 is 39.5. The van der Waals surface area contributed by atoms with Gasteiger partial charge in [-0.3, -0.25) is 4.79 Å². The quantitative estimate of drug-likeness (QED) is 0.778. The molecule has 0 bridgehead atoms. The largest absolute Gasteiger partial charge is 0.416 e. The van der Waals surface area contributed by atoms with Crippen LogP contribution >= 0.6 is 0 Å². The topological polar surface area (TPSA) is 20.3 Å². The van der Waals surface area contributed by atoms with Gasteiger partial charge in [-0.2, -0.15) is 13.2 Å². The Hall–Kier alpha value is -1.52. The van der Waals surface area contributed by atoms with Crippen LogP contribution in [0.4, 0.5) is 13.2 Å². The Bertz CT molecular complexity index is 584. The lowest BCUT2D eigenvalue weighted by atomic mass is 9.69. The van der Waals surface area contributed by atoms with Gasteiger partial charge in [0.25, 0.3) is 0 Å². The molecule has 0 atom stereocenters. The van der Waals surface area contributed by atoms with Gasteiger partial charge in [-0.25, -0.2) is 0 Å². The highest BCUT2D eigenvalue weighted by molar-refractivity contribution is 5.83. The molecule has 1 aromatic carbocycles. The van der Waals surface area contributed by atoms with Gasteiger partial charge in [0.05, 0.1) is 5.56 Å². The van der Waals surface area contributed by atoms with Crippen LogP contribution in [0.2, 0.25) is 0 Å². The third-order valence-electron chi connectivity index (χ3n) is 5.46. The molecule has 0 radical (unpaired) electrons. The second-order valence-corrected chi connectivity index (χ2v) is 7.07. The summed E-state index contributed by atoms with van der Waals surface area (Å²) in [5.74, 6) is 0.0670. The zero-order valence-corrected chi connectivity index (χ0v) is 13.3. The van der Waals surface area contributed by atoms with Gasteiger partial charge in [0.2, 0.25) is 5.91 Å². The minimum Gasteiger partial charge on any atom is -0.342 e. The molecule has 1 saturated carbocycles. The van der Waals surface area contributed by atoms with Crippen molar-refractivity contribution in [1.29, 1.82) is 0 Å². The van der Waals surface area contributed by atoms with E-state index in [0.717, 1.165) is 25.3 Å². The van der Waals surface area contributed by atoms with E-state index >= 15 is 0 Å². The predicted octanol–water partition coefficient (Wildman–Crippen LogP) is 4.60. The Morgan fingerprint density at radius 2 is 1.78 bits per heavy atom. The van der Waals surface area contributed by atoms with Gasteiger partial charge in [0.15, 0.2) is 0 Å². The van der Waals surface area contributed by atoms with E-state index in [4.69, 9.17) is 0 Å². The molecular formula is C18H22F3NO. The fourth-order valence-corrected chi connectivity index (χ4v) is 3.81. The number of alkyl halides is 3. The molecular weight excluding hydrogens is 303 g/mol. The number of nitrogens with zero attached hydrogens (tertiary/aromatic N) is 1. The molecule has 1 amide bonds. The molecule has 0 unspecified atom stereocenters. The second-order valence-electron chi connectivity index (χ2n) is 7.07. The molecule has 1 heterocycles. The minimum absolute atomic E-state index is 0.119. The molecule has 3 rings (SSSR count). The van der Waals surface area contributed by atoms with Crippen LogP contribution < -0.4 is 0 Å². The van der Waals surface area contributed by atoms with Crippen molar-refractivity contribution in [1.82, 2.24) is 4.90 Å². The van der Waals surface area contributed by atoms with Crippen molar-refractivity contribution >= 4 is 5.91 Å². The Balaban J connectivity index is 1.69. The number of likely N-dealkylation sites (tertiary alicyclic amines) is 1. The van der Waals surface area contributed by atoms with E-state index in [1.165, 1.54) is 6.07 Å². The number of carbonyl (C=O) groups is 1. The normalized spacial score (nSPS) is 21.8. The SMILES string of the molecule is CC1(C(=O)N2CCC(c3ccccc3C(F)(F)F)CC2)CCC1. The average molecular weight is 325 g/mol. The van der Waals surface area contributed by atoms with Crippen molar-refractivity contribution in [2.45, 2.75) is 51.1 Å². The van der Waals surface area contributed by atoms with Crippen LogP contribution in [-0.2, 0) is 11.0 Å². The van der Waals surface area contributed by atoms with Crippen molar-refractivity contribution in [3.63, 3.8) is 0 Å². The molecule has 2 aliphatic rings. The van der Waals surface area contributed by atoms with Crippen LogP contribution in [0.25, 0.3) is 0 Å². The summed E-state index contributed by atoms with van der Waals surface area (Å²) in [5.41, 5.74) is -0.380. The van der Waals surface area contributed by atoms with E-state index in [0.29, 0.717) is 31.5 Å². The Kier molecular flexibility index (Phi) is 4.15. The zero-order valence-electron chi connectivity index (χ0n) is 13.3. The van der Waals surface area contributed by atoms with Gasteiger partial charge < -0.3 is 4.90 Å². The maximum absolute atomic E-state index is 13.2. The van der Waals surface area contributed by atoms with Crippen molar-refractivity contribution in [3.8, 4) is 0 Å². The molecule has 5 heteroatoms. The molecule has 1 aliphatic carbocycles. The highest BCUT2D eigenvalue weighted by atomic mass is 19.4. The van der Waals surface area contributed by atoms with Crippen LogP contribution in [0.3, 0.4) is 0 Å². The summed E-state index contributed by atoms with van der Waals surface area (Å²) in [6, 6.07) is 5.83. The summed E-state index contributed by atoms with van der Waals surface area (Å²) in [5, 5.41) is 0. The van der Waals surface area contributed by atoms with Crippen molar-refractivity contribution < 1.29 is 18.0 Å². The first-order valence-electron chi connectivity index (χ1n) is 8.27. The molecule has 2 nitrogen and oxygen atoms in total. The number of amides is 1. The lowest BCUT2D eigenvalue weighted by molar-refractivity contribution is -0.147. The van der Waals surface area contributed by atoms with Crippen LogP contribution in [0.1, 0.15) is 56.1 Å². The van der Waals surface area contributed by atoms with E-state index < -0.39 is 11.7 Å². The second kappa shape index (κ2) is 5.84.